The van der Waals surface area contributed by atoms with Gasteiger partial charge < -0.3 is 10.1 Å². The van der Waals surface area contributed by atoms with Gasteiger partial charge in [-0.25, -0.2) is 23.4 Å². The molecule has 0 aliphatic heterocycles. The van der Waals surface area contributed by atoms with Crippen LogP contribution in [0.1, 0.15) is 47.9 Å². The molecule has 3 aliphatic carbocycles. The second-order valence-corrected chi connectivity index (χ2v) is 13.3. The van der Waals surface area contributed by atoms with Crippen molar-refractivity contribution in [3.63, 3.8) is 0 Å². The molecule has 6 aromatic rings. The predicted octanol–water partition coefficient (Wildman–Crippen LogP) is 7.87. The number of benzene rings is 3. The van der Waals surface area contributed by atoms with E-state index in [4.69, 9.17) is 14.8 Å². The number of nitriles is 1. The molecule has 51 heavy (non-hydrogen) atoms. The van der Waals surface area contributed by atoms with Crippen LogP contribution in [0.2, 0.25) is 0 Å². The highest BCUT2D eigenvalue weighted by molar-refractivity contribution is 5.92. The number of carbonyl (C=O) groups is 1. The zero-order valence-corrected chi connectivity index (χ0v) is 27.8. The molecular formula is C41H34F2N6O2. The summed E-state index contributed by atoms with van der Waals surface area (Å²) in [5, 5.41) is 18.6. The Morgan fingerprint density at radius 2 is 1.41 bits per heavy atom. The number of aromatic nitrogens is 4. The van der Waals surface area contributed by atoms with Crippen molar-refractivity contribution in [2.75, 3.05) is 12.4 Å². The van der Waals surface area contributed by atoms with Gasteiger partial charge in [0.05, 0.1) is 24.0 Å². The van der Waals surface area contributed by atoms with Crippen molar-refractivity contribution < 1.29 is 18.3 Å². The number of anilines is 1. The number of halogens is 2. The third-order valence-corrected chi connectivity index (χ3v) is 10.7. The average Bonchev–Trinajstić information content (AvgIpc) is 3.56. The maximum atomic E-state index is 16.2. The van der Waals surface area contributed by atoms with Crippen molar-refractivity contribution in [3.05, 3.63) is 143 Å². The SMILES string of the molecule is COC(=O)C1C2CCC(CC2)C1Nc1nc(-c2nn(C(c3ccccc3)(c3ccccc3)c3ccccc3)c3ncc(C#N)cc23)c(F)cc1F. The van der Waals surface area contributed by atoms with Crippen LogP contribution < -0.4 is 5.32 Å². The molecular weight excluding hydrogens is 646 g/mol. The van der Waals surface area contributed by atoms with Crippen molar-refractivity contribution in [1.82, 2.24) is 19.7 Å². The highest BCUT2D eigenvalue weighted by Gasteiger charge is 2.48. The Bertz CT molecular complexity index is 2170. The molecule has 8 nitrogen and oxygen atoms in total. The molecule has 3 aliphatic rings. The minimum absolute atomic E-state index is 0.0944. The maximum absolute atomic E-state index is 16.2. The van der Waals surface area contributed by atoms with Crippen LogP contribution in [0.25, 0.3) is 22.4 Å². The quantitative estimate of drug-likeness (QED) is 0.129. The summed E-state index contributed by atoms with van der Waals surface area (Å²) in [5.74, 6) is -2.57. The number of nitrogens with one attached hydrogen (secondary N) is 1. The predicted molar refractivity (Wildman–Crippen MR) is 188 cm³/mol. The third-order valence-electron chi connectivity index (χ3n) is 10.7. The lowest BCUT2D eigenvalue weighted by Gasteiger charge is -2.47. The van der Waals surface area contributed by atoms with Crippen LogP contribution in [0.3, 0.4) is 0 Å². The molecule has 2 unspecified atom stereocenters. The Hall–Kier alpha value is -5.95. The van der Waals surface area contributed by atoms with E-state index in [0.717, 1.165) is 48.4 Å². The number of ether oxygens (including phenoxy) is 1. The first-order valence-corrected chi connectivity index (χ1v) is 17.1. The number of methoxy groups -OCH3 is 1. The fourth-order valence-electron chi connectivity index (χ4n) is 8.40. The van der Waals surface area contributed by atoms with Crippen LogP contribution in [0.4, 0.5) is 14.6 Å². The fraction of sp³-hybridized carbons (Fsp3) is 0.244. The lowest BCUT2D eigenvalue weighted by molar-refractivity contribution is -0.152. The van der Waals surface area contributed by atoms with Gasteiger partial charge in [-0.3, -0.25) is 4.79 Å². The number of hydrogen-bond donors (Lipinski definition) is 1. The molecule has 0 saturated heterocycles. The molecule has 0 radical (unpaired) electrons. The van der Waals surface area contributed by atoms with Crippen molar-refractivity contribution in [1.29, 1.82) is 5.26 Å². The molecule has 3 aromatic carbocycles. The summed E-state index contributed by atoms with van der Waals surface area (Å²) in [5.41, 5.74) is 1.97. The van der Waals surface area contributed by atoms with Crippen LogP contribution >= 0.6 is 0 Å². The Balaban J connectivity index is 1.37. The molecule has 9 rings (SSSR count). The van der Waals surface area contributed by atoms with E-state index in [0.29, 0.717) is 11.0 Å². The Morgan fingerprint density at radius 3 is 1.96 bits per heavy atom. The molecule has 2 bridgehead atoms. The summed E-state index contributed by atoms with van der Waals surface area (Å²) in [6.45, 7) is 0. The minimum atomic E-state index is -1.12. The third kappa shape index (κ3) is 5.32. The normalized spacial score (nSPS) is 19.8. The summed E-state index contributed by atoms with van der Waals surface area (Å²) < 4.78 is 38.8. The second-order valence-electron chi connectivity index (χ2n) is 13.3. The summed E-state index contributed by atoms with van der Waals surface area (Å²) in [4.78, 5) is 22.3. The zero-order chi connectivity index (χ0) is 35.1. The smallest absolute Gasteiger partial charge is 0.311 e. The van der Waals surface area contributed by atoms with Gasteiger partial charge in [-0.2, -0.15) is 10.4 Å². The van der Waals surface area contributed by atoms with Gasteiger partial charge in [0.2, 0.25) is 0 Å². The van der Waals surface area contributed by atoms with Gasteiger partial charge in [-0.1, -0.05) is 91.0 Å². The largest absolute Gasteiger partial charge is 0.469 e. The highest BCUT2D eigenvalue weighted by atomic mass is 19.1. The number of carbonyl (C=O) groups excluding carboxylic acids is 1. The van der Waals surface area contributed by atoms with E-state index in [1.165, 1.54) is 13.3 Å². The van der Waals surface area contributed by atoms with E-state index < -0.39 is 29.1 Å². The standard InChI is InChI=1S/C41H34F2N6O2/c1-51-40(50)34-26-17-19-27(20-18-26)35(34)46-38-33(43)22-32(42)37(47-38)36-31-21-25(23-44)24-45-39(31)49(48-36)41(28-11-5-2-6-12-28,29-13-7-3-8-14-29)30-15-9-4-10-16-30/h2-16,21-22,24,26-27,34-35H,17-20H2,1H3,(H,46,47). The van der Waals surface area contributed by atoms with Gasteiger partial charge in [0.25, 0.3) is 0 Å². The lowest BCUT2D eigenvalue weighted by atomic mass is 9.61. The number of hydrogen-bond acceptors (Lipinski definition) is 7. The van der Waals surface area contributed by atoms with Crippen LogP contribution in [0, 0.1) is 40.7 Å². The van der Waals surface area contributed by atoms with Crippen molar-refractivity contribution in [2.45, 2.75) is 37.3 Å². The first-order chi connectivity index (χ1) is 24.9. The Kier molecular flexibility index (Phi) is 8.27. The van der Waals surface area contributed by atoms with E-state index in [1.54, 1.807) is 10.7 Å². The number of nitrogens with zero attached hydrogens (tertiary/aromatic N) is 5. The number of pyridine rings is 2. The summed E-state index contributed by atoms with van der Waals surface area (Å²) in [6, 6.07) is 33.6. The first kappa shape index (κ1) is 32.3. The Morgan fingerprint density at radius 1 is 0.843 bits per heavy atom. The molecule has 3 heterocycles. The van der Waals surface area contributed by atoms with Crippen LogP contribution in [-0.4, -0.2) is 38.9 Å². The van der Waals surface area contributed by atoms with Gasteiger partial charge in [-0.05, 0) is 60.3 Å². The van der Waals surface area contributed by atoms with Gasteiger partial charge >= 0.3 is 5.97 Å². The molecule has 1 N–H and O–H groups in total. The summed E-state index contributed by atoms with van der Waals surface area (Å²) in [7, 11) is 1.36. The minimum Gasteiger partial charge on any atom is -0.469 e. The summed E-state index contributed by atoms with van der Waals surface area (Å²) >= 11 is 0. The van der Waals surface area contributed by atoms with Crippen molar-refractivity contribution in [2.24, 2.45) is 17.8 Å². The van der Waals surface area contributed by atoms with Gasteiger partial charge in [-0.15, -0.1) is 0 Å². The van der Waals surface area contributed by atoms with E-state index in [1.807, 2.05) is 91.0 Å². The number of fused-ring (bicyclic) bond motifs is 4. The van der Waals surface area contributed by atoms with Gasteiger partial charge in [0.15, 0.2) is 23.1 Å². The van der Waals surface area contributed by atoms with Crippen molar-refractivity contribution in [3.8, 4) is 17.5 Å². The molecule has 3 aromatic heterocycles. The molecule has 3 saturated carbocycles. The first-order valence-electron chi connectivity index (χ1n) is 17.1. The monoisotopic (exact) mass is 680 g/mol. The molecule has 0 spiro atoms. The highest BCUT2D eigenvalue weighted by Crippen LogP contribution is 2.47. The molecule has 254 valence electrons. The van der Waals surface area contributed by atoms with Crippen LogP contribution in [0.5, 0.6) is 0 Å². The van der Waals surface area contributed by atoms with E-state index in [9.17, 15) is 10.1 Å². The van der Waals surface area contributed by atoms with E-state index in [2.05, 4.69) is 16.4 Å². The van der Waals surface area contributed by atoms with E-state index in [-0.39, 0.29) is 40.6 Å². The fourth-order valence-corrected chi connectivity index (χ4v) is 8.40. The van der Waals surface area contributed by atoms with Crippen LogP contribution in [-0.2, 0) is 15.1 Å². The zero-order valence-electron chi connectivity index (χ0n) is 27.8. The summed E-state index contributed by atoms with van der Waals surface area (Å²) in [6.07, 6.45) is 5.05. The topological polar surface area (TPSA) is 106 Å². The molecule has 0 amide bonds. The molecule has 10 heteroatoms. The molecule has 3 fully saturated rings. The van der Waals surface area contributed by atoms with E-state index >= 15 is 8.78 Å². The number of rotatable bonds is 8. The number of esters is 1. The maximum Gasteiger partial charge on any atom is 0.311 e. The second kappa shape index (κ2) is 13.1. The Labute approximate surface area is 293 Å². The van der Waals surface area contributed by atoms with Gasteiger partial charge in [0, 0.05) is 18.3 Å². The van der Waals surface area contributed by atoms with Crippen LogP contribution in [0.15, 0.2) is 109 Å². The van der Waals surface area contributed by atoms with Gasteiger partial charge in [0.1, 0.15) is 23.0 Å². The molecule has 2 atom stereocenters. The average molecular weight is 681 g/mol. The van der Waals surface area contributed by atoms with Crippen molar-refractivity contribution >= 4 is 22.8 Å². The lowest BCUT2D eigenvalue weighted by Crippen LogP contribution is -2.52.